The minimum atomic E-state index is -0.454. The number of rotatable bonds is 3. The van der Waals surface area contributed by atoms with Crippen LogP contribution in [-0.2, 0) is 6.42 Å². The van der Waals surface area contributed by atoms with Gasteiger partial charge in [-0.25, -0.2) is 4.39 Å². The zero-order chi connectivity index (χ0) is 14.0. The zero-order valence-corrected chi connectivity index (χ0v) is 11.6. The Morgan fingerprint density at radius 3 is 2.89 bits per heavy atom. The van der Waals surface area contributed by atoms with Crippen molar-refractivity contribution in [1.82, 2.24) is 0 Å². The Labute approximate surface area is 116 Å². The predicted molar refractivity (Wildman–Crippen MR) is 72.9 cm³/mol. The smallest absolute Gasteiger partial charge is 0.258 e. The highest BCUT2D eigenvalue weighted by molar-refractivity contribution is 6.20. The molecule has 3 nitrogen and oxygen atoms in total. The Hall–Kier alpha value is -1.16. The van der Waals surface area contributed by atoms with Crippen LogP contribution in [0.5, 0.6) is 0 Å². The molecule has 1 fully saturated rings. The molecule has 19 heavy (non-hydrogen) atoms. The van der Waals surface area contributed by atoms with Gasteiger partial charge in [0.25, 0.3) is 5.69 Å². The van der Waals surface area contributed by atoms with E-state index in [-0.39, 0.29) is 17.0 Å². The van der Waals surface area contributed by atoms with Gasteiger partial charge in [-0.05, 0) is 49.7 Å². The van der Waals surface area contributed by atoms with Crippen molar-refractivity contribution < 1.29 is 9.31 Å². The molecule has 3 unspecified atom stereocenters. The van der Waals surface area contributed by atoms with Crippen LogP contribution in [0.3, 0.4) is 0 Å². The summed E-state index contributed by atoms with van der Waals surface area (Å²) in [5.41, 5.74) is 0.443. The number of nitro benzene ring substituents is 1. The summed E-state index contributed by atoms with van der Waals surface area (Å²) >= 11 is 6.31. The van der Waals surface area contributed by atoms with Crippen molar-refractivity contribution >= 4 is 17.3 Å². The summed E-state index contributed by atoms with van der Waals surface area (Å²) in [6.07, 6.45) is 3.45. The molecule has 0 saturated heterocycles. The number of hydrogen-bond acceptors (Lipinski definition) is 2. The van der Waals surface area contributed by atoms with Crippen LogP contribution < -0.4 is 0 Å². The van der Waals surface area contributed by atoms with Crippen LogP contribution in [0, 0.1) is 27.8 Å². The third-order valence-electron chi connectivity index (χ3n) is 3.87. The van der Waals surface area contributed by atoms with Crippen LogP contribution in [0.25, 0.3) is 0 Å². The van der Waals surface area contributed by atoms with Crippen molar-refractivity contribution in [2.24, 2.45) is 11.8 Å². The standard InChI is InChI=1S/C14H17ClFNO2/c1-9-2-4-13(15)10(6-9)7-11-8-12(16)3-5-14(11)17(18)19/h3,5,8-10,13H,2,4,6-7H2,1H3. The van der Waals surface area contributed by atoms with Crippen molar-refractivity contribution in [1.29, 1.82) is 0 Å². The maximum absolute atomic E-state index is 13.3. The van der Waals surface area contributed by atoms with E-state index in [1.807, 2.05) is 0 Å². The fraction of sp³-hybridized carbons (Fsp3) is 0.571. The molecule has 1 aliphatic carbocycles. The molecule has 1 aliphatic rings. The Morgan fingerprint density at radius 2 is 2.21 bits per heavy atom. The summed E-state index contributed by atoms with van der Waals surface area (Å²) in [4.78, 5) is 10.5. The first-order valence-electron chi connectivity index (χ1n) is 6.54. The minimum absolute atomic E-state index is 0.0107. The predicted octanol–water partition coefficient (Wildman–Crippen LogP) is 4.32. The van der Waals surface area contributed by atoms with Gasteiger partial charge in [-0.3, -0.25) is 10.1 Å². The summed E-state index contributed by atoms with van der Waals surface area (Å²) in [5, 5.41) is 11.0. The van der Waals surface area contributed by atoms with E-state index in [0.29, 0.717) is 17.9 Å². The van der Waals surface area contributed by atoms with Crippen molar-refractivity contribution in [3.63, 3.8) is 0 Å². The Balaban J connectivity index is 2.22. The molecule has 0 amide bonds. The lowest BCUT2D eigenvalue weighted by atomic mass is 9.79. The Kier molecular flexibility index (Phi) is 4.40. The number of halogens is 2. The lowest BCUT2D eigenvalue weighted by Crippen LogP contribution is -2.26. The molecule has 5 heteroatoms. The second-order valence-electron chi connectivity index (χ2n) is 5.43. The highest BCUT2D eigenvalue weighted by atomic mass is 35.5. The lowest BCUT2D eigenvalue weighted by molar-refractivity contribution is -0.385. The van der Waals surface area contributed by atoms with Gasteiger partial charge in [0.15, 0.2) is 0 Å². The fourth-order valence-corrected chi connectivity index (χ4v) is 3.17. The van der Waals surface area contributed by atoms with E-state index in [1.54, 1.807) is 0 Å². The SMILES string of the molecule is CC1CCC(Cl)C(Cc2cc(F)ccc2[N+](=O)[O-])C1. The molecule has 3 atom stereocenters. The average Bonchev–Trinajstić information content (AvgIpc) is 2.33. The molecule has 0 aromatic heterocycles. The summed E-state index contributed by atoms with van der Waals surface area (Å²) in [6, 6.07) is 3.63. The minimum Gasteiger partial charge on any atom is -0.258 e. The van der Waals surface area contributed by atoms with E-state index in [1.165, 1.54) is 12.1 Å². The molecule has 0 radical (unpaired) electrons. The molecular weight excluding hydrogens is 269 g/mol. The molecule has 104 valence electrons. The molecule has 0 aliphatic heterocycles. The van der Waals surface area contributed by atoms with Crippen LogP contribution in [-0.4, -0.2) is 10.3 Å². The van der Waals surface area contributed by atoms with E-state index < -0.39 is 10.7 Å². The molecule has 0 N–H and O–H groups in total. The molecule has 1 aromatic carbocycles. The van der Waals surface area contributed by atoms with E-state index >= 15 is 0 Å². The Morgan fingerprint density at radius 1 is 1.47 bits per heavy atom. The summed E-state index contributed by atoms with van der Waals surface area (Å²) < 4.78 is 13.3. The molecule has 1 aromatic rings. The van der Waals surface area contributed by atoms with Gasteiger partial charge in [-0.1, -0.05) is 6.92 Å². The maximum atomic E-state index is 13.3. The molecule has 0 spiro atoms. The van der Waals surface area contributed by atoms with Gasteiger partial charge in [0.1, 0.15) is 5.82 Å². The van der Waals surface area contributed by atoms with Crippen molar-refractivity contribution in [3.05, 3.63) is 39.7 Å². The highest BCUT2D eigenvalue weighted by Crippen LogP contribution is 2.36. The fourth-order valence-electron chi connectivity index (χ4n) is 2.85. The van der Waals surface area contributed by atoms with Crippen LogP contribution in [0.15, 0.2) is 18.2 Å². The first-order chi connectivity index (χ1) is 8.97. The third-order valence-corrected chi connectivity index (χ3v) is 4.45. The van der Waals surface area contributed by atoms with Crippen LogP contribution in [0.4, 0.5) is 10.1 Å². The summed E-state index contributed by atoms with van der Waals surface area (Å²) in [5.74, 6) is 0.328. The van der Waals surface area contributed by atoms with E-state index in [4.69, 9.17) is 11.6 Å². The van der Waals surface area contributed by atoms with Gasteiger partial charge < -0.3 is 0 Å². The topological polar surface area (TPSA) is 43.1 Å². The van der Waals surface area contributed by atoms with Crippen LogP contribution in [0.1, 0.15) is 31.7 Å². The van der Waals surface area contributed by atoms with E-state index in [0.717, 1.165) is 25.3 Å². The van der Waals surface area contributed by atoms with Gasteiger partial charge in [-0.15, -0.1) is 11.6 Å². The number of nitro groups is 1. The second-order valence-corrected chi connectivity index (χ2v) is 5.99. The first-order valence-corrected chi connectivity index (χ1v) is 6.98. The highest BCUT2D eigenvalue weighted by Gasteiger charge is 2.29. The monoisotopic (exact) mass is 285 g/mol. The van der Waals surface area contributed by atoms with Crippen molar-refractivity contribution in [2.45, 2.75) is 38.0 Å². The van der Waals surface area contributed by atoms with Gasteiger partial charge in [0.05, 0.1) is 4.92 Å². The van der Waals surface area contributed by atoms with Gasteiger partial charge in [0, 0.05) is 17.0 Å². The van der Waals surface area contributed by atoms with Gasteiger partial charge in [-0.2, -0.15) is 0 Å². The lowest BCUT2D eigenvalue weighted by Gasteiger charge is -2.31. The van der Waals surface area contributed by atoms with Gasteiger partial charge in [0.2, 0.25) is 0 Å². The van der Waals surface area contributed by atoms with Crippen molar-refractivity contribution in [2.75, 3.05) is 0 Å². The number of nitrogens with zero attached hydrogens (tertiary/aromatic N) is 1. The Bertz CT molecular complexity index is 481. The maximum Gasteiger partial charge on any atom is 0.272 e. The number of hydrogen-bond donors (Lipinski definition) is 0. The van der Waals surface area contributed by atoms with Gasteiger partial charge >= 0.3 is 0 Å². The molecule has 2 rings (SSSR count). The van der Waals surface area contributed by atoms with E-state index in [9.17, 15) is 14.5 Å². The largest absolute Gasteiger partial charge is 0.272 e. The number of benzene rings is 1. The summed E-state index contributed by atoms with van der Waals surface area (Å²) in [7, 11) is 0. The quantitative estimate of drug-likeness (QED) is 0.471. The third kappa shape index (κ3) is 3.44. The molecule has 1 saturated carbocycles. The van der Waals surface area contributed by atoms with E-state index in [2.05, 4.69) is 6.92 Å². The average molecular weight is 286 g/mol. The normalized spacial score (nSPS) is 27.2. The number of alkyl halides is 1. The van der Waals surface area contributed by atoms with Crippen molar-refractivity contribution in [3.8, 4) is 0 Å². The molecule has 0 heterocycles. The summed E-state index contributed by atoms with van der Waals surface area (Å²) in [6.45, 7) is 2.16. The zero-order valence-electron chi connectivity index (χ0n) is 10.8. The molecular formula is C14H17ClFNO2. The molecule has 0 bridgehead atoms. The first kappa shape index (κ1) is 14.3. The van der Waals surface area contributed by atoms with Crippen LogP contribution >= 0.6 is 11.6 Å². The van der Waals surface area contributed by atoms with Crippen LogP contribution in [0.2, 0.25) is 0 Å². The second kappa shape index (κ2) is 5.87.